The molecule has 0 saturated carbocycles. The number of hydrogen-bond acceptors (Lipinski definition) is 3. The monoisotopic (exact) mass is 377 g/mol. The predicted octanol–water partition coefficient (Wildman–Crippen LogP) is 5.02. The SMILES string of the molecule is CCCOc1cc2c(=O)c3c4ccc(C#N)cc4[nH]c3n(C(C)C)c2cc1F. The fourth-order valence-electron chi connectivity index (χ4n) is 3.70. The maximum Gasteiger partial charge on any atom is 0.199 e. The van der Waals surface area contributed by atoms with Gasteiger partial charge in [0.25, 0.3) is 0 Å². The van der Waals surface area contributed by atoms with Crippen molar-refractivity contribution in [3.8, 4) is 11.8 Å². The van der Waals surface area contributed by atoms with Gasteiger partial charge in [-0.15, -0.1) is 0 Å². The highest BCUT2D eigenvalue weighted by Gasteiger charge is 2.20. The summed E-state index contributed by atoms with van der Waals surface area (Å²) in [5.41, 5.74) is 2.17. The van der Waals surface area contributed by atoms with Crippen LogP contribution in [-0.2, 0) is 0 Å². The van der Waals surface area contributed by atoms with E-state index in [1.807, 2.05) is 25.3 Å². The molecule has 5 nitrogen and oxygen atoms in total. The molecular weight excluding hydrogens is 357 g/mol. The van der Waals surface area contributed by atoms with Crippen molar-refractivity contribution in [1.82, 2.24) is 9.55 Å². The second kappa shape index (κ2) is 6.68. The summed E-state index contributed by atoms with van der Waals surface area (Å²) in [7, 11) is 0. The molecule has 0 atom stereocenters. The zero-order valence-electron chi connectivity index (χ0n) is 16.0. The van der Waals surface area contributed by atoms with E-state index in [4.69, 9.17) is 10.00 Å². The summed E-state index contributed by atoms with van der Waals surface area (Å²) < 4.78 is 22.0. The highest BCUT2D eigenvalue weighted by Crippen LogP contribution is 2.32. The number of nitrogens with zero attached hydrogens (tertiary/aromatic N) is 2. The molecule has 0 unspecified atom stereocenters. The van der Waals surface area contributed by atoms with Crippen molar-refractivity contribution in [2.45, 2.75) is 33.2 Å². The van der Waals surface area contributed by atoms with Crippen LogP contribution in [0.15, 0.2) is 35.1 Å². The zero-order valence-corrected chi connectivity index (χ0v) is 16.0. The van der Waals surface area contributed by atoms with Gasteiger partial charge in [0.1, 0.15) is 5.65 Å². The first-order valence-electron chi connectivity index (χ1n) is 9.32. The lowest BCUT2D eigenvalue weighted by atomic mass is 10.1. The van der Waals surface area contributed by atoms with Crippen LogP contribution in [0.25, 0.3) is 32.8 Å². The summed E-state index contributed by atoms with van der Waals surface area (Å²) in [4.78, 5) is 16.6. The van der Waals surface area contributed by atoms with Gasteiger partial charge in [-0.25, -0.2) is 4.39 Å². The molecule has 2 aromatic heterocycles. The zero-order chi connectivity index (χ0) is 20.0. The third-order valence-corrected chi connectivity index (χ3v) is 4.91. The van der Waals surface area contributed by atoms with E-state index in [-0.39, 0.29) is 17.2 Å². The molecule has 0 aliphatic rings. The molecule has 28 heavy (non-hydrogen) atoms. The quantitative estimate of drug-likeness (QED) is 0.543. The van der Waals surface area contributed by atoms with Crippen molar-refractivity contribution in [3.63, 3.8) is 0 Å². The molecule has 1 N–H and O–H groups in total. The molecule has 0 radical (unpaired) electrons. The van der Waals surface area contributed by atoms with Crippen LogP contribution in [0.3, 0.4) is 0 Å². The number of aromatic nitrogens is 2. The topological polar surface area (TPSA) is 70.8 Å². The smallest absolute Gasteiger partial charge is 0.199 e. The molecule has 142 valence electrons. The largest absolute Gasteiger partial charge is 0.491 e. The lowest BCUT2D eigenvalue weighted by Crippen LogP contribution is -2.13. The van der Waals surface area contributed by atoms with Gasteiger partial charge in [0.05, 0.1) is 34.5 Å². The van der Waals surface area contributed by atoms with E-state index >= 15 is 0 Å². The highest BCUT2D eigenvalue weighted by molar-refractivity contribution is 6.10. The fraction of sp³-hybridized carbons (Fsp3) is 0.273. The van der Waals surface area contributed by atoms with E-state index in [1.165, 1.54) is 12.1 Å². The van der Waals surface area contributed by atoms with E-state index in [9.17, 15) is 9.18 Å². The Labute approximate surface area is 161 Å². The van der Waals surface area contributed by atoms with Gasteiger partial charge in [-0.1, -0.05) is 13.0 Å². The Morgan fingerprint density at radius 2 is 2.04 bits per heavy atom. The molecule has 4 rings (SSSR count). The first kappa shape index (κ1) is 18.1. The third kappa shape index (κ3) is 2.63. The first-order chi connectivity index (χ1) is 13.5. The summed E-state index contributed by atoms with van der Waals surface area (Å²) in [5.74, 6) is -0.398. The van der Waals surface area contributed by atoms with Gasteiger partial charge in [0.2, 0.25) is 0 Å². The van der Waals surface area contributed by atoms with Crippen molar-refractivity contribution >= 4 is 32.8 Å². The number of halogens is 1. The minimum Gasteiger partial charge on any atom is -0.491 e. The van der Waals surface area contributed by atoms with Gasteiger partial charge < -0.3 is 14.3 Å². The predicted molar refractivity (Wildman–Crippen MR) is 108 cm³/mol. The highest BCUT2D eigenvalue weighted by atomic mass is 19.1. The van der Waals surface area contributed by atoms with Crippen LogP contribution >= 0.6 is 0 Å². The number of benzene rings is 2. The first-order valence-corrected chi connectivity index (χ1v) is 9.32. The van der Waals surface area contributed by atoms with E-state index in [2.05, 4.69) is 11.1 Å². The Hall–Kier alpha value is -3.33. The third-order valence-electron chi connectivity index (χ3n) is 4.91. The van der Waals surface area contributed by atoms with E-state index in [1.54, 1.807) is 18.2 Å². The van der Waals surface area contributed by atoms with Crippen LogP contribution in [-0.4, -0.2) is 16.2 Å². The molecule has 2 aromatic carbocycles. The number of H-pyrrole nitrogens is 1. The van der Waals surface area contributed by atoms with Crippen LogP contribution in [0.1, 0.15) is 38.8 Å². The number of fused-ring (bicyclic) bond motifs is 4. The Kier molecular flexibility index (Phi) is 4.31. The number of nitriles is 1. The minimum atomic E-state index is -0.489. The summed E-state index contributed by atoms with van der Waals surface area (Å²) in [5, 5.41) is 10.9. The van der Waals surface area contributed by atoms with Crippen molar-refractivity contribution < 1.29 is 9.13 Å². The Morgan fingerprint density at radius 3 is 2.71 bits per heavy atom. The number of rotatable bonds is 4. The molecule has 0 aliphatic heterocycles. The number of pyridine rings is 1. The minimum absolute atomic E-state index is 0.0177. The maximum absolute atomic E-state index is 14.6. The fourth-order valence-corrected chi connectivity index (χ4v) is 3.70. The molecule has 2 heterocycles. The van der Waals surface area contributed by atoms with Gasteiger partial charge in [-0.05, 0) is 38.5 Å². The normalized spacial score (nSPS) is 11.6. The maximum atomic E-state index is 14.6. The Balaban J connectivity index is 2.18. The van der Waals surface area contributed by atoms with Gasteiger partial charge in [0.15, 0.2) is 17.0 Å². The molecule has 0 aliphatic carbocycles. The average molecular weight is 377 g/mol. The van der Waals surface area contributed by atoms with Crippen molar-refractivity contribution in [3.05, 3.63) is 51.9 Å². The van der Waals surface area contributed by atoms with E-state index < -0.39 is 5.82 Å². The number of nitrogens with one attached hydrogen (secondary N) is 1. The second-order valence-corrected chi connectivity index (χ2v) is 7.16. The summed E-state index contributed by atoms with van der Waals surface area (Å²) in [6, 6.07) is 10.2. The molecule has 4 aromatic rings. The van der Waals surface area contributed by atoms with Crippen molar-refractivity contribution in [2.75, 3.05) is 6.61 Å². The molecule has 0 bridgehead atoms. The van der Waals surface area contributed by atoms with Crippen LogP contribution in [0.2, 0.25) is 0 Å². The number of aromatic amines is 1. The van der Waals surface area contributed by atoms with E-state index in [0.29, 0.717) is 39.6 Å². The van der Waals surface area contributed by atoms with Crippen LogP contribution in [0, 0.1) is 17.1 Å². The summed E-state index contributed by atoms with van der Waals surface area (Å²) in [6.45, 7) is 6.28. The standard InChI is InChI=1S/C22H20FN3O2/c1-4-7-28-19-9-15-18(10-16(19)23)26(12(2)3)22-20(21(15)27)14-6-5-13(11-24)8-17(14)25-22/h5-6,8-10,12,25H,4,7H2,1-3H3. The van der Waals surface area contributed by atoms with Gasteiger partial charge in [0, 0.05) is 23.0 Å². The molecule has 6 heteroatoms. The van der Waals surface area contributed by atoms with Crippen molar-refractivity contribution in [2.24, 2.45) is 0 Å². The summed E-state index contributed by atoms with van der Waals surface area (Å²) in [6.07, 6.45) is 0.746. The molecular formula is C22H20FN3O2. The van der Waals surface area contributed by atoms with Gasteiger partial charge in [-0.2, -0.15) is 5.26 Å². The van der Waals surface area contributed by atoms with Crippen LogP contribution in [0.4, 0.5) is 4.39 Å². The average Bonchev–Trinajstić information content (AvgIpc) is 3.04. The molecule has 0 saturated heterocycles. The Morgan fingerprint density at radius 1 is 1.25 bits per heavy atom. The molecule has 0 fully saturated rings. The molecule has 0 spiro atoms. The number of hydrogen-bond donors (Lipinski definition) is 1. The summed E-state index contributed by atoms with van der Waals surface area (Å²) >= 11 is 0. The lowest BCUT2D eigenvalue weighted by Gasteiger charge is -2.17. The molecule has 0 amide bonds. The van der Waals surface area contributed by atoms with Crippen molar-refractivity contribution in [1.29, 1.82) is 5.26 Å². The lowest BCUT2D eigenvalue weighted by molar-refractivity contribution is 0.302. The second-order valence-electron chi connectivity index (χ2n) is 7.16. The van der Waals surface area contributed by atoms with E-state index in [0.717, 1.165) is 11.8 Å². The number of ether oxygens (including phenoxy) is 1. The van der Waals surface area contributed by atoms with Gasteiger partial charge >= 0.3 is 0 Å². The van der Waals surface area contributed by atoms with Crippen LogP contribution in [0.5, 0.6) is 5.75 Å². The van der Waals surface area contributed by atoms with Crippen LogP contribution < -0.4 is 10.2 Å². The Bertz CT molecular complexity index is 1330. The van der Waals surface area contributed by atoms with Gasteiger partial charge in [-0.3, -0.25) is 4.79 Å².